The first-order chi connectivity index (χ1) is 23.1. The Morgan fingerprint density at radius 1 is 1.00 bits per heavy atom. The number of imidazole rings is 1. The highest BCUT2D eigenvalue weighted by Crippen LogP contribution is 2.39. The lowest BCUT2D eigenvalue weighted by molar-refractivity contribution is 0.0592. The quantitative estimate of drug-likeness (QED) is 0.106. The second kappa shape index (κ2) is 15.1. The van der Waals surface area contributed by atoms with Crippen molar-refractivity contribution in [2.24, 2.45) is 0 Å². The fourth-order valence-electron chi connectivity index (χ4n) is 6.15. The zero-order chi connectivity index (χ0) is 34.4. The molecule has 0 unspecified atom stereocenters. The van der Waals surface area contributed by atoms with Gasteiger partial charge in [-0.2, -0.15) is 8.42 Å². The van der Waals surface area contributed by atoms with Crippen LogP contribution in [0.2, 0.25) is 0 Å². The van der Waals surface area contributed by atoms with Gasteiger partial charge in [-0.3, -0.25) is 8.98 Å². The maximum absolute atomic E-state index is 14.6. The molecule has 0 bridgehead atoms. The number of pyridine rings is 1. The first-order valence-corrected chi connectivity index (χ1v) is 17.6. The predicted molar refractivity (Wildman–Crippen MR) is 180 cm³/mol. The van der Waals surface area contributed by atoms with Crippen LogP contribution in [0.25, 0.3) is 11.4 Å². The van der Waals surface area contributed by atoms with E-state index in [0.717, 1.165) is 23.3 Å². The maximum atomic E-state index is 14.6. The largest absolute Gasteiger partial charge is 0.497 e. The average Bonchev–Trinajstić information content (AvgIpc) is 3.32. The molecular formula is C35H41N3O9S. The Balaban J connectivity index is 1.74. The molecule has 0 spiro atoms. The second-order valence-corrected chi connectivity index (χ2v) is 13.1. The van der Waals surface area contributed by atoms with Gasteiger partial charge in [0, 0.05) is 35.9 Å². The van der Waals surface area contributed by atoms with Gasteiger partial charge in [-0.1, -0.05) is 30.3 Å². The number of ether oxygens (including phenoxy) is 4. The van der Waals surface area contributed by atoms with Gasteiger partial charge < -0.3 is 28.1 Å². The number of rotatable bonds is 14. The minimum absolute atomic E-state index is 0.0264. The van der Waals surface area contributed by atoms with Crippen LogP contribution in [0.3, 0.4) is 0 Å². The van der Waals surface area contributed by atoms with E-state index in [0.29, 0.717) is 72.7 Å². The molecule has 0 atom stereocenters. The first-order valence-electron chi connectivity index (χ1n) is 15.8. The van der Waals surface area contributed by atoms with E-state index in [1.807, 2.05) is 43.3 Å². The number of carbonyl (C=O) groups is 1. The van der Waals surface area contributed by atoms with Crippen molar-refractivity contribution in [3.8, 4) is 28.6 Å². The van der Waals surface area contributed by atoms with Crippen LogP contribution in [0.4, 0.5) is 0 Å². The molecule has 0 aliphatic heterocycles. The lowest BCUT2D eigenvalue weighted by atomic mass is 10.0. The predicted octanol–water partition coefficient (Wildman–Crippen LogP) is 4.56. The zero-order valence-corrected chi connectivity index (χ0v) is 28.7. The first kappa shape index (κ1) is 34.7. The highest BCUT2D eigenvalue weighted by Gasteiger charge is 2.33. The van der Waals surface area contributed by atoms with Crippen molar-refractivity contribution in [1.29, 1.82) is 0 Å². The molecule has 0 amide bonds. The number of benzene rings is 2. The number of aryl methyl sites for hydroxylation is 1. The molecule has 5 rings (SSSR count). The second-order valence-electron chi connectivity index (χ2n) is 11.4. The van der Waals surface area contributed by atoms with Crippen LogP contribution < -0.4 is 19.8 Å². The molecular weight excluding hydrogens is 638 g/mol. The number of hydrogen-bond donors (Lipinski definition) is 0. The van der Waals surface area contributed by atoms with Crippen LogP contribution in [0.15, 0.2) is 53.3 Å². The minimum Gasteiger partial charge on any atom is -0.497 e. The van der Waals surface area contributed by atoms with Crippen LogP contribution in [0.1, 0.15) is 58.3 Å². The Morgan fingerprint density at radius 3 is 2.44 bits per heavy atom. The van der Waals surface area contributed by atoms with E-state index in [-0.39, 0.29) is 31.1 Å². The lowest BCUT2D eigenvalue weighted by Crippen LogP contribution is -2.31. The molecule has 2 heterocycles. The molecule has 12 nitrogen and oxygen atoms in total. The lowest BCUT2D eigenvalue weighted by Gasteiger charge is -2.22. The van der Waals surface area contributed by atoms with E-state index in [1.54, 1.807) is 30.9 Å². The molecule has 2 aromatic carbocycles. The molecule has 256 valence electrons. The van der Waals surface area contributed by atoms with Gasteiger partial charge in [-0.25, -0.2) is 9.78 Å². The Bertz CT molecular complexity index is 1950. The van der Waals surface area contributed by atoms with Crippen LogP contribution in [-0.4, -0.2) is 62.7 Å². The third kappa shape index (κ3) is 7.42. The van der Waals surface area contributed by atoms with E-state index in [1.165, 1.54) is 7.11 Å². The molecule has 0 fully saturated rings. The average molecular weight is 680 g/mol. The van der Waals surface area contributed by atoms with E-state index in [9.17, 15) is 18.0 Å². The molecule has 1 aliphatic rings. The van der Waals surface area contributed by atoms with Crippen molar-refractivity contribution >= 4 is 16.1 Å². The number of aromatic nitrogens is 3. The monoisotopic (exact) mass is 679 g/mol. The van der Waals surface area contributed by atoms with Crippen molar-refractivity contribution in [3.63, 3.8) is 0 Å². The number of methoxy groups -OCH3 is 3. The Labute approximate surface area is 280 Å². The normalized spacial score (nSPS) is 12.5. The number of hydrogen-bond acceptors (Lipinski definition) is 10. The molecule has 0 saturated heterocycles. The number of carbonyl (C=O) groups excluding carboxylic acids is 1. The van der Waals surface area contributed by atoms with Crippen molar-refractivity contribution in [2.75, 3.05) is 34.2 Å². The summed E-state index contributed by atoms with van der Waals surface area (Å²) >= 11 is 0. The third-order valence-corrected chi connectivity index (χ3v) is 8.92. The summed E-state index contributed by atoms with van der Waals surface area (Å²) in [5.74, 6) is 1.24. The topological polar surface area (TPSA) is 137 Å². The number of esters is 1. The van der Waals surface area contributed by atoms with Gasteiger partial charge in [0.15, 0.2) is 5.56 Å². The van der Waals surface area contributed by atoms with Crippen LogP contribution >= 0.6 is 0 Å². The summed E-state index contributed by atoms with van der Waals surface area (Å²) in [4.78, 5) is 33.1. The Hall–Kier alpha value is -4.62. The van der Waals surface area contributed by atoms with E-state index >= 15 is 0 Å². The maximum Gasteiger partial charge on any atom is 0.347 e. The van der Waals surface area contributed by atoms with Gasteiger partial charge in [-0.15, -0.1) is 0 Å². The Morgan fingerprint density at radius 2 is 1.77 bits per heavy atom. The minimum atomic E-state index is -3.57. The summed E-state index contributed by atoms with van der Waals surface area (Å²) in [6.07, 6.45) is 3.79. The van der Waals surface area contributed by atoms with Gasteiger partial charge in [0.25, 0.3) is 15.7 Å². The highest BCUT2D eigenvalue weighted by molar-refractivity contribution is 7.85. The van der Waals surface area contributed by atoms with Crippen molar-refractivity contribution in [1.82, 2.24) is 14.1 Å². The fraction of sp³-hybridized carbons (Fsp3) is 0.400. The van der Waals surface area contributed by atoms with E-state index in [4.69, 9.17) is 28.1 Å². The fourth-order valence-corrected chi connectivity index (χ4v) is 6.57. The van der Waals surface area contributed by atoms with Gasteiger partial charge in [0.05, 0.1) is 46.4 Å². The molecule has 13 heteroatoms. The van der Waals surface area contributed by atoms with Crippen molar-refractivity contribution < 1.29 is 36.3 Å². The van der Waals surface area contributed by atoms with Crippen molar-refractivity contribution in [2.45, 2.75) is 58.7 Å². The molecule has 1 aliphatic carbocycles. The smallest absolute Gasteiger partial charge is 0.347 e. The molecule has 48 heavy (non-hydrogen) atoms. The SMILES string of the molecule is CCn1c(CCCOS(C)(=O)=O)nc2c1CCCc1c(OCc3ccccc3)c(C(=O)OC)c(=O)n(Cc3ccc(OC)cc3OC)c1-2. The van der Waals surface area contributed by atoms with E-state index < -0.39 is 21.6 Å². The molecule has 0 N–H and O–H groups in total. The number of fused-ring (bicyclic) bond motifs is 3. The third-order valence-electron chi connectivity index (χ3n) is 8.33. The van der Waals surface area contributed by atoms with Gasteiger partial charge in [-0.05, 0) is 50.3 Å². The van der Waals surface area contributed by atoms with Crippen LogP contribution in [0.5, 0.6) is 17.2 Å². The van der Waals surface area contributed by atoms with E-state index in [2.05, 4.69) is 4.57 Å². The zero-order valence-electron chi connectivity index (χ0n) is 27.9. The summed E-state index contributed by atoms with van der Waals surface area (Å²) in [5, 5.41) is 0. The number of nitrogens with zero attached hydrogens (tertiary/aromatic N) is 3. The Kier molecular flexibility index (Phi) is 10.9. The molecule has 4 aromatic rings. The summed E-state index contributed by atoms with van der Waals surface area (Å²) in [7, 11) is 0.778. The molecule has 2 aromatic heterocycles. The van der Waals surface area contributed by atoms with Crippen molar-refractivity contribution in [3.05, 3.63) is 92.7 Å². The highest BCUT2D eigenvalue weighted by atomic mass is 32.2. The summed E-state index contributed by atoms with van der Waals surface area (Å²) in [6.45, 7) is 2.86. The summed E-state index contributed by atoms with van der Waals surface area (Å²) in [5.41, 5.74) is 3.61. The standard InChI is InChI=1S/C35H41N3O9S/c1-6-37-27-15-10-14-26-32(31(27)36-29(37)16-11-19-47-48(5,41)42)38(21-24-17-18-25(43-2)20-28(24)44-3)34(39)30(35(40)45-4)33(26)46-22-23-12-8-7-9-13-23/h7-9,12-13,17-18,20H,6,10-11,14-16,19,21-22H2,1-5H3. The van der Waals surface area contributed by atoms with Gasteiger partial charge in [0.1, 0.15) is 35.4 Å². The summed E-state index contributed by atoms with van der Waals surface area (Å²) < 4.78 is 54.3. The molecule has 0 saturated carbocycles. The summed E-state index contributed by atoms with van der Waals surface area (Å²) in [6, 6.07) is 14.9. The van der Waals surface area contributed by atoms with Gasteiger partial charge >= 0.3 is 5.97 Å². The molecule has 0 radical (unpaired) electrons. The van der Waals surface area contributed by atoms with Crippen LogP contribution in [0, 0.1) is 0 Å². The van der Waals surface area contributed by atoms with Gasteiger partial charge in [0.2, 0.25) is 0 Å². The van der Waals surface area contributed by atoms with Crippen LogP contribution in [-0.2, 0) is 58.0 Å².